The summed E-state index contributed by atoms with van der Waals surface area (Å²) in [7, 11) is -3.13. The molecule has 0 aliphatic carbocycles. The molecule has 1 aliphatic rings. The Morgan fingerprint density at radius 2 is 1.93 bits per heavy atom. The Morgan fingerprint density at radius 3 is 2.48 bits per heavy atom. The molecule has 0 saturated carbocycles. The van der Waals surface area contributed by atoms with Crippen LogP contribution in [0.5, 0.6) is 0 Å². The Hall–Kier alpha value is -2.42. The van der Waals surface area contributed by atoms with Crippen molar-refractivity contribution in [1.29, 1.82) is 0 Å². The summed E-state index contributed by atoms with van der Waals surface area (Å²) in [4.78, 5) is 38.3. The third-order valence-electron chi connectivity index (χ3n) is 5.09. The van der Waals surface area contributed by atoms with Crippen LogP contribution in [0.4, 0.5) is 0 Å². The van der Waals surface area contributed by atoms with Gasteiger partial charge in [0.2, 0.25) is 0 Å². The van der Waals surface area contributed by atoms with Crippen molar-refractivity contribution in [1.82, 2.24) is 10.2 Å². The Kier molecular flexibility index (Phi) is 7.40. The van der Waals surface area contributed by atoms with Gasteiger partial charge in [0.1, 0.15) is 6.54 Å². The number of nitrogens with zero attached hydrogens (tertiary/aromatic N) is 1. The number of nitrogens with one attached hydrogen (secondary N) is 1. The van der Waals surface area contributed by atoms with Gasteiger partial charge in [-0.1, -0.05) is 6.07 Å². The second-order valence-electron chi connectivity index (χ2n) is 7.29. The molecule has 1 aromatic carbocycles. The normalized spacial score (nSPS) is 18.7. The largest absolute Gasteiger partial charge is 0.451 e. The van der Waals surface area contributed by atoms with Crippen LogP contribution in [-0.2, 0) is 24.2 Å². The summed E-state index contributed by atoms with van der Waals surface area (Å²) in [5.74, 6) is -1.60. The molecule has 2 atom stereocenters. The van der Waals surface area contributed by atoms with E-state index >= 15 is 0 Å². The second kappa shape index (κ2) is 9.39. The van der Waals surface area contributed by atoms with E-state index in [-0.39, 0.29) is 18.1 Å². The zero-order valence-electron chi connectivity index (χ0n) is 17.2. The van der Waals surface area contributed by atoms with Crippen molar-refractivity contribution in [3.05, 3.63) is 34.9 Å². The highest BCUT2D eigenvalue weighted by Crippen LogP contribution is 2.19. The monoisotopic (exact) mass is 424 g/mol. The number of benzene rings is 1. The van der Waals surface area contributed by atoms with Crippen molar-refractivity contribution >= 4 is 27.6 Å². The lowest BCUT2D eigenvalue weighted by Crippen LogP contribution is -2.47. The quantitative estimate of drug-likeness (QED) is 0.654. The molecule has 1 N–H and O–H groups in total. The number of hydrogen-bond donors (Lipinski definition) is 1. The van der Waals surface area contributed by atoms with Gasteiger partial charge in [0.05, 0.1) is 11.5 Å². The molecule has 1 fully saturated rings. The van der Waals surface area contributed by atoms with Crippen LogP contribution in [0.2, 0.25) is 0 Å². The molecule has 0 aromatic heterocycles. The van der Waals surface area contributed by atoms with Gasteiger partial charge in [0.25, 0.3) is 11.8 Å². The number of sulfone groups is 1. The van der Waals surface area contributed by atoms with Gasteiger partial charge < -0.3 is 15.0 Å². The molecule has 2 rings (SSSR count). The molecule has 0 radical (unpaired) electrons. The summed E-state index contributed by atoms with van der Waals surface area (Å²) in [6.45, 7) is 6.98. The van der Waals surface area contributed by atoms with Gasteiger partial charge in [-0.25, -0.2) is 8.42 Å². The Balaban J connectivity index is 1.88. The van der Waals surface area contributed by atoms with Crippen LogP contribution < -0.4 is 5.32 Å². The minimum absolute atomic E-state index is 0.0557. The van der Waals surface area contributed by atoms with E-state index in [9.17, 15) is 22.8 Å². The lowest BCUT2D eigenvalue weighted by Gasteiger charge is -2.29. The number of aryl methyl sites for hydroxylation is 2. The number of hydrogen-bond acceptors (Lipinski definition) is 6. The first kappa shape index (κ1) is 22.9. The van der Waals surface area contributed by atoms with Crippen molar-refractivity contribution in [3.63, 3.8) is 0 Å². The van der Waals surface area contributed by atoms with Crippen LogP contribution >= 0.6 is 0 Å². The zero-order valence-corrected chi connectivity index (χ0v) is 18.0. The van der Waals surface area contributed by atoms with Crippen LogP contribution in [0.25, 0.3) is 0 Å². The Labute approximate surface area is 171 Å². The fourth-order valence-corrected chi connectivity index (χ4v) is 5.01. The summed E-state index contributed by atoms with van der Waals surface area (Å²) in [5, 5.41) is 2.48. The topological polar surface area (TPSA) is 110 Å². The molecule has 9 heteroatoms. The summed E-state index contributed by atoms with van der Waals surface area (Å²) in [5.41, 5.74) is 2.46. The number of amides is 2. The molecule has 1 heterocycles. The maximum atomic E-state index is 12.6. The number of esters is 1. The number of carbonyl (C=O) groups excluding carboxylic acids is 3. The van der Waals surface area contributed by atoms with E-state index in [1.165, 1.54) is 11.8 Å². The molecule has 8 nitrogen and oxygen atoms in total. The second-order valence-corrected chi connectivity index (χ2v) is 9.52. The predicted octanol–water partition coefficient (Wildman–Crippen LogP) is 1.00. The van der Waals surface area contributed by atoms with E-state index < -0.39 is 39.8 Å². The lowest BCUT2D eigenvalue weighted by atomic mass is 10.1. The van der Waals surface area contributed by atoms with Gasteiger partial charge in [0, 0.05) is 18.2 Å². The van der Waals surface area contributed by atoms with Crippen molar-refractivity contribution in [2.75, 3.05) is 24.6 Å². The first-order valence-electron chi connectivity index (χ1n) is 9.60. The van der Waals surface area contributed by atoms with Crippen LogP contribution in [0.1, 0.15) is 41.8 Å². The average molecular weight is 425 g/mol. The van der Waals surface area contributed by atoms with E-state index in [0.29, 0.717) is 18.5 Å². The Morgan fingerprint density at radius 1 is 1.24 bits per heavy atom. The minimum Gasteiger partial charge on any atom is -0.451 e. The van der Waals surface area contributed by atoms with E-state index in [2.05, 4.69) is 5.32 Å². The highest BCUT2D eigenvalue weighted by molar-refractivity contribution is 7.91. The average Bonchev–Trinajstić information content (AvgIpc) is 3.01. The van der Waals surface area contributed by atoms with E-state index in [1.54, 1.807) is 19.1 Å². The van der Waals surface area contributed by atoms with Gasteiger partial charge in [0.15, 0.2) is 15.9 Å². The number of carbonyl (C=O) groups is 3. The number of ether oxygens (including phenoxy) is 1. The highest BCUT2D eigenvalue weighted by atomic mass is 32.2. The van der Waals surface area contributed by atoms with E-state index in [0.717, 1.165) is 11.1 Å². The summed E-state index contributed by atoms with van der Waals surface area (Å²) >= 11 is 0. The molecular formula is C20H28N2O6S. The van der Waals surface area contributed by atoms with Crippen molar-refractivity contribution < 1.29 is 27.5 Å². The SMILES string of the molecule is CCN(C(=O)[C@@H](C)OC(=O)CNC(=O)c1ccc(C)c(C)c1)[C@@H]1CCS(=O)(=O)C1. The van der Waals surface area contributed by atoms with Crippen molar-refractivity contribution in [2.24, 2.45) is 0 Å². The zero-order chi connectivity index (χ0) is 21.8. The number of likely N-dealkylation sites (N-methyl/N-ethyl adjacent to an activating group) is 1. The minimum atomic E-state index is -3.13. The maximum Gasteiger partial charge on any atom is 0.326 e. The first-order chi connectivity index (χ1) is 13.5. The maximum absolute atomic E-state index is 12.6. The summed E-state index contributed by atoms with van der Waals surface area (Å²) < 4.78 is 28.5. The van der Waals surface area contributed by atoms with Gasteiger partial charge in [-0.3, -0.25) is 14.4 Å². The van der Waals surface area contributed by atoms with Crippen LogP contribution in [-0.4, -0.2) is 67.8 Å². The molecule has 2 amide bonds. The first-order valence-corrected chi connectivity index (χ1v) is 11.4. The molecule has 1 saturated heterocycles. The highest BCUT2D eigenvalue weighted by Gasteiger charge is 2.36. The van der Waals surface area contributed by atoms with Gasteiger partial charge in [-0.05, 0) is 57.4 Å². The molecule has 0 spiro atoms. The summed E-state index contributed by atoms with van der Waals surface area (Å²) in [6, 6.07) is 4.83. The third-order valence-corrected chi connectivity index (χ3v) is 6.84. The van der Waals surface area contributed by atoms with Crippen molar-refractivity contribution in [3.8, 4) is 0 Å². The molecule has 1 aromatic rings. The van der Waals surface area contributed by atoms with Crippen LogP contribution in [0, 0.1) is 13.8 Å². The van der Waals surface area contributed by atoms with E-state index in [1.807, 2.05) is 19.9 Å². The fourth-order valence-electron chi connectivity index (χ4n) is 3.28. The fraction of sp³-hybridized carbons (Fsp3) is 0.550. The molecule has 1 aliphatic heterocycles. The molecule has 29 heavy (non-hydrogen) atoms. The standard InChI is InChI=1S/C20H28N2O6S/c1-5-22(17-8-9-29(26,27)12-17)20(25)15(4)28-18(23)11-21-19(24)16-7-6-13(2)14(3)10-16/h6-7,10,15,17H,5,8-9,11-12H2,1-4H3,(H,21,24)/t15-,17-/m1/s1. The lowest BCUT2D eigenvalue weighted by molar-refractivity contribution is -0.159. The van der Waals surface area contributed by atoms with Crippen LogP contribution in [0.3, 0.4) is 0 Å². The number of rotatable bonds is 7. The third kappa shape index (κ3) is 6.03. The Bertz CT molecular complexity index is 896. The smallest absolute Gasteiger partial charge is 0.326 e. The van der Waals surface area contributed by atoms with Gasteiger partial charge in [-0.15, -0.1) is 0 Å². The molecule has 0 bridgehead atoms. The van der Waals surface area contributed by atoms with Crippen molar-refractivity contribution in [2.45, 2.75) is 46.3 Å². The summed E-state index contributed by atoms with van der Waals surface area (Å²) in [6.07, 6.45) is -0.682. The van der Waals surface area contributed by atoms with Crippen LogP contribution in [0.15, 0.2) is 18.2 Å². The van der Waals surface area contributed by atoms with Gasteiger partial charge in [-0.2, -0.15) is 0 Å². The van der Waals surface area contributed by atoms with E-state index in [4.69, 9.17) is 4.74 Å². The predicted molar refractivity (Wildman–Crippen MR) is 108 cm³/mol. The molecule has 0 unspecified atom stereocenters. The molecule has 160 valence electrons. The molecular weight excluding hydrogens is 396 g/mol. The van der Waals surface area contributed by atoms with Gasteiger partial charge >= 0.3 is 5.97 Å².